The molecular formula is C26H23BrN2O5. The Morgan fingerprint density at radius 2 is 1.82 bits per heavy atom. The normalized spacial score (nSPS) is 10.5. The summed E-state index contributed by atoms with van der Waals surface area (Å²) in [6, 6.07) is 19.1. The number of carbonyl (C=O) groups excluding carboxylic acids is 2. The van der Waals surface area contributed by atoms with Crippen molar-refractivity contribution in [3.63, 3.8) is 0 Å². The summed E-state index contributed by atoms with van der Waals surface area (Å²) < 4.78 is 17.0. The van der Waals surface area contributed by atoms with Gasteiger partial charge in [0.1, 0.15) is 17.2 Å². The molecule has 0 saturated heterocycles. The standard InChI is InChI=1S/C26H23BrN2O5/c1-3-6-18-7-4-5-8-23(18)33-17-25(30)29-28-16-20-15-21(27)11-14-24(20)34-26(31)19-9-12-22(32-2)13-10-19/h3-5,7-16H,1,6,17H2,2H3,(H,29,30)/b28-16+. The lowest BCUT2D eigenvalue weighted by Crippen LogP contribution is -2.24. The molecule has 0 heterocycles. The Hall–Kier alpha value is -3.91. The van der Waals surface area contributed by atoms with Crippen LogP contribution in [0.4, 0.5) is 0 Å². The van der Waals surface area contributed by atoms with Crippen molar-refractivity contribution in [2.75, 3.05) is 13.7 Å². The molecule has 1 N–H and O–H groups in total. The third-order valence-electron chi connectivity index (χ3n) is 4.59. The Kier molecular flexibility index (Phi) is 8.99. The zero-order chi connectivity index (χ0) is 24.3. The van der Waals surface area contributed by atoms with Crippen LogP contribution < -0.4 is 19.6 Å². The van der Waals surface area contributed by atoms with Gasteiger partial charge in [-0.2, -0.15) is 5.10 Å². The molecule has 3 aromatic rings. The molecular weight excluding hydrogens is 500 g/mol. The van der Waals surface area contributed by atoms with Crippen LogP contribution in [0.5, 0.6) is 17.2 Å². The minimum absolute atomic E-state index is 0.205. The molecule has 7 nitrogen and oxygen atoms in total. The summed E-state index contributed by atoms with van der Waals surface area (Å²) in [5.41, 5.74) is 4.21. The fourth-order valence-corrected chi connectivity index (χ4v) is 3.30. The number of para-hydroxylation sites is 1. The Balaban J connectivity index is 1.62. The molecule has 0 aliphatic rings. The van der Waals surface area contributed by atoms with Gasteiger partial charge in [-0.1, -0.05) is 40.2 Å². The number of methoxy groups -OCH3 is 1. The van der Waals surface area contributed by atoms with Crippen LogP contribution in [0.2, 0.25) is 0 Å². The van der Waals surface area contributed by atoms with Gasteiger partial charge in [0, 0.05) is 10.0 Å². The summed E-state index contributed by atoms with van der Waals surface area (Å²) in [6.45, 7) is 3.52. The fraction of sp³-hybridized carbons (Fsp3) is 0.115. The lowest BCUT2D eigenvalue weighted by molar-refractivity contribution is -0.123. The second kappa shape index (κ2) is 12.4. The van der Waals surface area contributed by atoms with Crippen LogP contribution in [0.25, 0.3) is 0 Å². The molecule has 174 valence electrons. The van der Waals surface area contributed by atoms with Crippen molar-refractivity contribution in [1.29, 1.82) is 0 Å². The zero-order valence-electron chi connectivity index (χ0n) is 18.5. The van der Waals surface area contributed by atoms with Crippen molar-refractivity contribution in [3.8, 4) is 17.2 Å². The number of carbonyl (C=O) groups is 2. The molecule has 1 amide bonds. The van der Waals surface area contributed by atoms with Crippen molar-refractivity contribution in [1.82, 2.24) is 5.43 Å². The van der Waals surface area contributed by atoms with Crippen molar-refractivity contribution < 1.29 is 23.8 Å². The highest BCUT2D eigenvalue weighted by Gasteiger charge is 2.12. The summed E-state index contributed by atoms with van der Waals surface area (Å²) in [4.78, 5) is 24.7. The largest absolute Gasteiger partial charge is 0.497 e. The van der Waals surface area contributed by atoms with Gasteiger partial charge in [0.15, 0.2) is 6.61 Å². The van der Waals surface area contributed by atoms with Crippen LogP contribution in [0.15, 0.2) is 89.0 Å². The number of amides is 1. The topological polar surface area (TPSA) is 86.2 Å². The molecule has 0 radical (unpaired) electrons. The Morgan fingerprint density at radius 3 is 2.56 bits per heavy atom. The molecule has 0 saturated carbocycles. The number of halogens is 1. The molecule has 0 aliphatic carbocycles. The van der Waals surface area contributed by atoms with Crippen LogP contribution in [0.3, 0.4) is 0 Å². The lowest BCUT2D eigenvalue weighted by atomic mass is 10.1. The van der Waals surface area contributed by atoms with E-state index in [0.29, 0.717) is 29.0 Å². The van der Waals surface area contributed by atoms with Gasteiger partial charge < -0.3 is 14.2 Å². The maximum atomic E-state index is 12.5. The van der Waals surface area contributed by atoms with Crippen molar-refractivity contribution in [2.45, 2.75) is 6.42 Å². The van der Waals surface area contributed by atoms with Crippen LogP contribution in [-0.4, -0.2) is 31.8 Å². The molecule has 0 fully saturated rings. The van der Waals surface area contributed by atoms with Crippen molar-refractivity contribution in [2.24, 2.45) is 5.10 Å². The van der Waals surface area contributed by atoms with Crippen molar-refractivity contribution in [3.05, 3.63) is 101 Å². The molecule has 0 aliphatic heterocycles. The van der Waals surface area contributed by atoms with Crippen LogP contribution in [-0.2, 0) is 11.2 Å². The van der Waals surface area contributed by atoms with E-state index in [0.717, 1.165) is 10.0 Å². The maximum Gasteiger partial charge on any atom is 0.343 e. The highest BCUT2D eigenvalue weighted by atomic mass is 79.9. The predicted molar refractivity (Wildman–Crippen MR) is 134 cm³/mol. The maximum absolute atomic E-state index is 12.5. The van der Waals surface area contributed by atoms with E-state index in [2.05, 4.69) is 33.0 Å². The first-order valence-electron chi connectivity index (χ1n) is 10.3. The third-order valence-corrected chi connectivity index (χ3v) is 5.08. The van der Waals surface area contributed by atoms with Gasteiger partial charge in [-0.3, -0.25) is 4.79 Å². The molecule has 0 spiro atoms. The van der Waals surface area contributed by atoms with E-state index in [9.17, 15) is 9.59 Å². The summed E-state index contributed by atoms with van der Waals surface area (Å²) in [6.07, 6.45) is 3.80. The Bertz CT molecular complexity index is 1190. The lowest BCUT2D eigenvalue weighted by Gasteiger charge is -2.10. The van der Waals surface area contributed by atoms with Gasteiger partial charge in [-0.25, -0.2) is 10.2 Å². The average Bonchev–Trinajstić information content (AvgIpc) is 2.85. The Labute approximate surface area is 206 Å². The van der Waals surface area contributed by atoms with Gasteiger partial charge in [0.25, 0.3) is 5.91 Å². The number of allylic oxidation sites excluding steroid dienone is 1. The third kappa shape index (κ3) is 7.05. The summed E-state index contributed by atoms with van der Waals surface area (Å²) in [5.74, 6) is 0.571. The summed E-state index contributed by atoms with van der Waals surface area (Å²) in [7, 11) is 1.55. The van der Waals surface area contributed by atoms with E-state index in [4.69, 9.17) is 14.2 Å². The predicted octanol–water partition coefficient (Wildman–Crippen LogP) is 4.93. The zero-order valence-corrected chi connectivity index (χ0v) is 20.1. The number of nitrogens with one attached hydrogen (secondary N) is 1. The smallest absolute Gasteiger partial charge is 0.343 e. The first-order chi connectivity index (χ1) is 16.5. The first-order valence-corrected chi connectivity index (χ1v) is 11.1. The number of hydrazone groups is 1. The van der Waals surface area contributed by atoms with Gasteiger partial charge in [-0.05, 0) is 60.5 Å². The SMILES string of the molecule is C=CCc1ccccc1OCC(=O)N/N=C/c1cc(Br)ccc1OC(=O)c1ccc(OC)cc1. The number of ether oxygens (including phenoxy) is 3. The number of esters is 1. The number of rotatable bonds is 10. The molecule has 3 rings (SSSR count). The van der Waals surface area contributed by atoms with E-state index < -0.39 is 11.9 Å². The van der Waals surface area contributed by atoms with E-state index in [1.54, 1.807) is 61.7 Å². The highest BCUT2D eigenvalue weighted by molar-refractivity contribution is 9.10. The first kappa shape index (κ1) is 24.7. The quantitative estimate of drug-likeness (QED) is 0.134. The molecule has 34 heavy (non-hydrogen) atoms. The van der Waals surface area contributed by atoms with Crippen LogP contribution in [0, 0.1) is 0 Å². The molecule has 0 atom stereocenters. The minimum Gasteiger partial charge on any atom is -0.497 e. The number of hydrogen-bond donors (Lipinski definition) is 1. The average molecular weight is 523 g/mol. The summed E-state index contributed by atoms with van der Waals surface area (Å²) in [5, 5.41) is 3.97. The molecule has 8 heteroatoms. The highest BCUT2D eigenvalue weighted by Crippen LogP contribution is 2.23. The van der Waals surface area contributed by atoms with E-state index in [1.807, 2.05) is 18.2 Å². The monoisotopic (exact) mass is 522 g/mol. The van der Waals surface area contributed by atoms with E-state index in [-0.39, 0.29) is 12.4 Å². The molecule has 0 unspecified atom stereocenters. The number of benzene rings is 3. The fourth-order valence-electron chi connectivity index (χ4n) is 2.92. The van der Waals surface area contributed by atoms with Crippen LogP contribution in [0.1, 0.15) is 21.5 Å². The van der Waals surface area contributed by atoms with Gasteiger partial charge in [0.2, 0.25) is 0 Å². The minimum atomic E-state index is -0.532. The molecule has 0 aromatic heterocycles. The summed E-state index contributed by atoms with van der Waals surface area (Å²) >= 11 is 3.38. The molecule has 0 bridgehead atoms. The van der Waals surface area contributed by atoms with Gasteiger partial charge >= 0.3 is 5.97 Å². The Morgan fingerprint density at radius 1 is 1.06 bits per heavy atom. The second-order valence-electron chi connectivity index (χ2n) is 6.98. The van der Waals surface area contributed by atoms with E-state index >= 15 is 0 Å². The second-order valence-corrected chi connectivity index (χ2v) is 7.90. The van der Waals surface area contributed by atoms with Crippen molar-refractivity contribution >= 4 is 34.0 Å². The van der Waals surface area contributed by atoms with E-state index in [1.165, 1.54) is 6.21 Å². The van der Waals surface area contributed by atoms with Gasteiger partial charge in [0.05, 0.1) is 18.9 Å². The molecule has 3 aromatic carbocycles. The number of nitrogens with zero attached hydrogens (tertiary/aromatic N) is 1. The number of hydrogen-bond acceptors (Lipinski definition) is 6. The van der Waals surface area contributed by atoms with Gasteiger partial charge in [-0.15, -0.1) is 6.58 Å². The van der Waals surface area contributed by atoms with Crippen LogP contribution >= 0.6 is 15.9 Å².